The summed E-state index contributed by atoms with van der Waals surface area (Å²) in [5, 5.41) is 3.85. The Balaban J connectivity index is 1.91. The van der Waals surface area contributed by atoms with Gasteiger partial charge in [0.25, 0.3) is 0 Å². The van der Waals surface area contributed by atoms with Crippen LogP contribution in [-0.2, 0) is 14.8 Å². The second-order valence-corrected chi connectivity index (χ2v) is 7.54. The van der Waals surface area contributed by atoms with Gasteiger partial charge < -0.3 is 4.42 Å². The zero-order valence-electron chi connectivity index (χ0n) is 12.8. The summed E-state index contributed by atoms with van der Waals surface area (Å²) < 4.78 is 30.4. The van der Waals surface area contributed by atoms with Gasteiger partial charge in [-0.05, 0) is 38.8 Å². The second kappa shape index (κ2) is 7.06. The molecule has 1 aliphatic heterocycles. The number of hydrogen-bond acceptors (Lipinski definition) is 5. The lowest BCUT2D eigenvalue weighted by Gasteiger charge is -2.30. The first-order valence-corrected chi connectivity index (χ1v) is 8.90. The zero-order chi connectivity index (χ0) is 16.2. The molecule has 1 aromatic heterocycles. The van der Waals surface area contributed by atoms with Gasteiger partial charge in [-0.2, -0.15) is 5.10 Å². The van der Waals surface area contributed by atoms with Gasteiger partial charge >= 0.3 is 0 Å². The fourth-order valence-corrected chi connectivity index (χ4v) is 3.54. The third-order valence-electron chi connectivity index (χ3n) is 3.64. The van der Waals surface area contributed by atoms with Crippen molar-refractivity contribution in [2.75, 3.05) is 18.8 Å². The molecule has 1 unspecified atom stereocenters. The summed E-state index contributed by atoms with van der Waals surface area (Å²) in [4.78, 5) is 12.1. The van der Waals surface area contributed by atoms with Crippen LogP contribution in [0.25, 0.3) is 0 Å². The number of hydrazone groups is 1. The van der Waals surface area contributed by atoms with Gasteiger partial charge in [-0.1, -0.05) is 0 Å². The van der Waals surface area contributed by atoms with E-state index in [4.69, 9.17) is 4.42 Å². The van der Waals surface area contributed by atoms with Crippen LogP contribution in [0, 0.1) is 12.8 Å². The van der Waals surface area contributed by atoms with E-state index in [1.165, 1.54) is 10.5 Å². The molecule has 7 nitrogen and oxygen atoms in total. The summed E-state index contributed by atoms with van der Waals surface area (Å²) in [5.74, 6) is 0.732. The highest BCUT2D eigenvalue weighted by atomic mass is 32.2. The standard InChI is InChI=1S/C14H21N3O4S/c1-3-22(19,20)17-8-4-5-12(10-17)14(18)16-15-9-13-7-6-11(2)21-13/h6-7,9,12H,3-5,8,10H2,1-2H3,(H,16,18)/b15-9+. The summed E-state index contributed by atoms with van der Waals surface area (Å²) in [6.45, 7) is 4.13. The van der Waals surface area contributed by atoms with E-state index in [2.05, 4.69) is 10.5 Å². The lowest BCUT2D eigenvalue weighted by molar-refractivity contribution is -0.126. The highest BCUT2D eigenvalue weighted by Gasteiger charge is 2.31. The number of aryl methyl sites for hydroxylation is 1. The van der Waals surface area contributed by atoms with Gasteiger partial charge in [-0.15, -0.1) is 0 Å². The number of carbonyl (C=O) groups excluding carboxylic acids is 1. The smallest absolute Gasteiger partial charge is 0.244 e. The molecule has 22 heavy (non-hydrogen) atoms. The van der Waals surface area contributed by atoms with Crippen LogP contribution in [0.4, 0.5) is 0 Å². The number of nitrogens with one attached hydrogen (secondary N) is 1. The van der Waals surface area contributed by atoms with Crippen LogP contribution >= 0.6 is 0 Å². The number of hydrogen-bond donors (Lipinski definition) is 1. The molecule has 1 atom stereocenters. The van der Waals surface area contributed by atoms with Gasteiger partial charge in [0, 0.05) is 13.1 Å². The van der Waals surface area contributed by atoms with Crippen LogP contribution in [0.1, 0.15) is 31.3 Å². The molecule has 1 aliphatic rings. The van der Waals surface area contributed by atoms with E-state index in [1.807, 2.05) is 6.92 Å². The lowest BCUT2D eigenvalue weighted by atomic mass is 9.99. The lowest BCUT2D eigenvalue weighted by Crippen LogP contribution is -2.45. The molecule has 0 bridgehead atoms. The maximum atomic E-state index is 12.1. The fourth-order valence-electron chi connectivity index (χ4n) is 2.37. The van der Waals surface area contributed by atoms with Crippen molar-refractivity contribution in [2.24, 2.45) is 11.0 Å². The average molecular weight is 327 g/mol. The monoisotopic (exact) mass is 327 g/mol. The molecule has 122 valence electrons. The number of furan rings is 1. The van der Waals surface area contributed by atoms with Crippen molar-refractivity contribution in [3.05, 3.63) is 23.7 Å². The molecule has 1 saturated heterocycles. The molecule has 0 radical (unpaired) electrons. The number of rotatable bonds is 5. The molecule has 1 fully saturated rings. The van der Waals surface area contributed by atoms with Crippen LogP contribution < -0.4 is 5.43 Å². The van der Waals surface area contributed by atoms with Crippen LogP contribution in [0.5, 0.6) is 0 Å². The van der Waals surface area contributed by atoms with E-state index in [0.717, 1.165) is 5.76 Å². The molecule has 0 spiro atoms. The maximum Gasteiger partial charge on any atom is 0.244 e. The molecule has 0 saturated carbocycles. The molecular weight excluding hydrogens is 306 g/mol. The van der Waals surface area contributed by atoms with Crippen LogP contribution in [0.2, 0.25) is 0 Å². The van der Waals surface area contributed by atoms with E-state index in [0.29, 0.717) is 25.1 Å². The van der Waals surface area contributed by atoms with Crippen LogP contribution in [0.3, 0.4) is 0 Å². The van der Waals surface area contributed by atoms with Crippen molar-refractivity contribution >= 4 is 22.1 Å². The topological polar surface area (TPSA) is 92.0 Å². The predicted molar refractivity (Wildman–Crippen MR) is 82.9 cm³/mol. The van der Waals surface area contributed by atoms with Gasteiger partial charge in [0.2, 0.25) is 15.9 Å². The number of amides is 1. The Bertz CT molecular complexity index is 651. The summed E-state index contributed by atoms with van der Waals surface area (Å²) in [7, 11) is -3.25. The number of carbonyl (C=O) groups is 1. The average Bonchev–Trinajstić information content (AvgIpc) is 2.92. The van der Waals surface area contributed by atoms with Crippen LogP contribution in [0.15, 0.2) is 21.7 Å². The molecule has 1 amide bonds. The van der Waals surface area contributed by atoms with Gasteiger partial charge in [0.1, 0.15) is 11.5 Å². The van der Waals surface area contributed by atoms with Gasteiger partial charge in [0.15, 0.2) is 0 Å². The second-order valence-electron chi connectivity index (χ2n) is 5.28. The summed E-state index contributed by atoms with van der Waals surface area (Å²) >= 11 is 0. The van der Waals surface area contributed by atoms with E-state index < -0.39 is 10.0 Å². The minimum absolute atomic E-state index is 0.0529. The Morgan fingerprint density at radius 3 is 2.95 bits per heavy atom. The van der Waals surface area contributed by atoms with Crippen molar-refractivity contribution in [1.82, 2.24) is 9.73 Å². The van der Waals surface area contributed by atoms with Gasteiger partial charge in [-0.3, -0.25) is 4.79 Å². The predicted octanol–water partition coefficient (Wildman–Crippen LogP) is 1.10. The first-order valence-electron chi connectivity index (χ1n) is 7.29. The van der Waals surface area contributed by atoms with Crippen molar-refractivity contribution in [2.45, 2.75) is 26.7 Å². The molecular formula is C14H21N3O4S. The zero-order valence-corrected chi connectivity index (χ0v) is 13.6. The number of nitrogens with zero attached hydrogens (tertiary/aromatic N) is 2. The Morgan fingerprint density at radius 1 is 1.55 bits per heavy atom. The number of sulfonamides is 1. The minimum Gasteiger partial charge on any atom is -0.460 e. The van der Waals surface area contributed by atoms with Crippen LogP contribution in [-0.4, -0.2) is 43.7 Å². The van der Waals surface area contributed by atoms with E-state index >= 15 is 0 Å². The number of piperidine rings is 1. The Hall–Kier alpha value is -1.67. The normalized spacial score (nSPS) is 20.4. The highest BCUT2D eigenvalue weighted by molar-refractivity contribution is 7.89. The molecule has 2 rings (SSSR count). The van der Waals surface area contributed by atoms with E-state index in [9.17, 15) is 13.2 Å². The minimum atomic E-state index is -3.25. The highest BCUT2D eigenvalue weighted by Crippen LogP contribution is 2.19. The summed E-state index contributed by atoms with van der Waals surface area (Å²) in [5.41, 5.74) is 2.45. The summed E-state index contributed by atoms with van der Waals surface area (Å²) in [6.07, 6.45) is 2.77. The molecule has 8 heteroatoms. The molecule has 2 heterocycles. The van der Waals surface area contributed by atoms with Crippen molar-refractivity contribution in [3.63, 3.8) is 0 Å². The van der Waals surface area contributed by atoms with E-state index in [-0.39, 0.29) is 24.1 Å². The third kappa shape index (κ3) is 4.17. The van der Waals surface area contributed by atoms with Crippen molar-refractivity contribution in [3.8, 4) is 0 Å². The fraction of sp³-hybridized carbons (Fsp3) is 0.571. The summed E-state index contributed by atoms with van der Waals surface area (Å²) in [6, 6.07) is 3.55. The quantitative estimate of drug-likeness (QED) is 0.647. The van der Waals surface area contributed by atoms with E-state index in [1.54, 1.807) is 19.1 Å². The van der Waals surface area contributed by atoms with Crippen molar-refractivity contribution in [1.29, 1.82) is 0 Å². The maximum absolute atomic E-state index is 12.1. The SMILES string of the molecule is CCS(=O)(=O)N1CCCC(C(=O)N/N=C/c2ccc(C)o2)C1. The third-order valence-corrected chi connectivity index (χ3v) is 5.49. The first kappa shape index (κ1) is 16.7. The molecule has 1 aromatic rings. The first-order chi connectivity index (χ1) is 10.4. The molecule has 0 aliphatic carbocycles. The Kier molecular flexibility index (Phi) is 5.36. The van der Waals surface area contributed by atoms with Gasteiger partial charge in [0.05, 0.1) is 17.9 Å². The Morgan fingerprint density at radius 2 is 2.32 bits per heavy atom. The largest absolute Gasteiger partial charge is 0.460 e. The molecule has 0 aromatic carbocycles. The van der Waals surface area contributed by atoms with Crippen molar-refractivity contribution < 1.29 is 17.6 Å². The van der Waals surface area contributed by atoms with Gasteiger partial charge in [-0.25, -0.2) is 18.1 Å². The molecule has 1 N–H and O–H groups in total. The Labute approximate surface area is 130 Å².